The fraction of sp³-hybridized carbons (Fsp3) is 0.600. The van der Waals surface area contributed by atoms with Crippen LogP contribution >= 0.6 is 12.4 Å². The standard InChI is InChI=1S/C15H24N2.ClH/c1-14(2)10-17(11-15(3,4)16)9-12-7-5-6-8-13(12)14;/h5-8H,9-11,16H2,1-4H3;1H. The zero-order chi connectivity index (χ0) is 12.7. The van der Waals surface area contributed by atoms with Gasteiger partial charge in [0.05, 0.1) is 0 Å². The molecule has 0 radical (unpaired) electrons. The normalized spacial score (nSPS) is 18.9. The van der Waals surface area contributed by atoms with Crippen LogP contribution in [0.1, 0.15) is 38.8 Å². The molecule has 1 aromatic carbocycles. The van der Waals surface area contributed by atoms with Crippen molar-refractivity contribution in [3.8, 4) is 0 Å². The molecule has 2 nitrogen and oxygen atoms in total. The SMILES string of the molecule is CC(C)(N)CN1Cc2ccccc2C(C)(C)C1.Cl. The molecule has 0 saturated carbocycles. The number of halogens is 1. The second-order valence-electron chi connectivity index (χ2n) is 6.67. The monoisotopic (exact) mass is 268 g/mol. The van der Waals surface area contributed by atoms with Gasteiger partial charge in [-0.2, -0.15) is 0 Å². The first-order chi connectivity index (χ1) is 7.78. The second kappa shape index (κ2) is 5.20. The topological polar surface area (TPSA) is 29.3 Å². The minimum absolute atomic E-state index is 0. The van der Waals surface area contributed by atoms with Crippen molar-refractivity contribution in [2.75, 3.05) is 13.1 Å². The molecule has 2 rings (SSSR count). The van der Waals surface area contributed by atoms with Gasteiger partial charge in [0, 0.05) is 30.6 Å². The third kappa shape index (κ3) is 3.47. The summed E-state index contributed by atoms with van der Waals surface area (Å²) in [7, 11) is 0. The van der Waals surface area contributed by atoms with E-state index in [1.165, 1.54) is 11.1 Å². The van der Waals surface area contributed by atoms with Crippen LogP contribution in [0.5, 0.6) is 0 Å². The summed E-state index contributed by atoms with van der Waals surface area (Å²) in [5.41, 5.74) is 9.18. The molecule has 1 aromatic rings. The van der Waals surface area contributed by atoms with Crippen molar-refractivity contribution >= 4 is 12.4 Å². The lowest BCUT2D eigenvalue weighted by Gasteiger charge is -2.42. The largest absolute Gasteiger partial charge is 0.324 e. The first kappa shape index (κ1) is 15.5. The molecule has 0 bridgehead atoms. The molecule has 0 fully saturated rings. The Morgan fingerprint density at radius 2 is 1.89 bits per heavy atom. The Bertz CT molecular complexity index is 407. The molecule has 0 spiro atoms. The summed E-state index contributed by atoms with van der Waals surface area (Å²) < 4.78 is 0. The number of nitrogens with zero attached hydrogens (tertiary/aromatic N) is 1. The molecule has 1 aliphatic heterocycles. The van der Waals surface area contributed by atoms with Crippen molar-refractivity contribution in [1.82, 2.24) is 4.90 Å². The number of rotatable bonds is 2. The van der Waals surface area contributed by atoms with E-state index in [9.17, 15) is 0 Å². The number of hydrogen-bond donors (Lipinski definition) is 1. The van der Waals surface area contributed by atoms with E-state index in [2.05, 4.69) is 56.9 Å². The lowest BCUT2D eigenvalue weighted by atomic mass is 9.78. The molecule has 1 heterocycles. The summed E-state index contributed by atoms with van der Waals surface area (Å²) in [6, 6.07) is 8.78. The van der Waals surface area contributed by atoms with Gasteiger partial charge in [0.2, 0.25) is 0 Å². The molecule has 2 N–H and O–H groups in total. The summed E-state index contributed by atoms with van der Waals surface area (Å²) in [5.74, 6) is 0. The van der Waals surface area contributed by atoms with E-state index in [4.69, 9.17) is 5.73 Å². The molecule has 0 amide bonds. The lowest BCUT2D eigenvalue weighted by Crippen LogP contribution is -2.50. The number of benzene rings is 1. The summed E-state index contributed by atoms with van der Waals surface area (Å²) in [4.78, 5) is 2.47. The zero-order valence-electron chi connectivity index (χ0n) is 11.9. The fourth-order valence-corrected chi connectivity index (χ4v) is 2.95. The summed E-state index contributed by atoms with van der Waals surface area (Å²) >= 11 is 0. The minimum Gasteiger partial charge on any atom is -0.324 e. The first-order valence-corrected chi connectivity index (χ1v) is 6.38. The van der Waals surface area contributed by atoms with Gasteiger partial charge in [0.25, 0.3) is 0 Å². The van der Waals surface area contributed by atoms with Gasteiger partial charge in [-0.3, -0.25) is 4.90 Å². The van der Waals surface area contributed by atoms with Crippen LogP contribution in [-0.4, -0.2) is 23.5 Å². The maximum absolute atomic E-state index is 6.13. The van der Waals surface area contributed by atoms with Gasteiger partial charge in [0.15, 0.2) is 0 Å². The van der Waals surface area contributed by atoms with Crippen LogP contribution in [0.25, 0.3) is 0 Å². The molecule has 0 atom stereocenters. The highest BCUT2D eigenvalue weighted by molar-refractivity contribution is 5.85. The van der Waals surface area contributed by atoms with Crippen molar-refractivity contribution in [3.05, 3.63) is 35.4 Å². The van der Waals surface area contributed by atoms with Gasteiger partial charge < -0.3 is 5.73 Å². The Hall–Kier alpha value is -0.570. The van der Waals surface area contributed by atoms with E-state index in [1.807, 2.05) is 0 Å². The van der Waals surface area contributed by atoms with Gasteiger partial charge >= 0.3 is 0 Å². The van der Waals surface area contributed by atoms with E-state index >= 15 is 0 Å². The fourth-order valence-electron chi connectivity index (χ4n) is 2.95. The van der Waals surface area contributed by atoms with Crippen LogP contribution in [0.4, 0.5) is 0 Å². The number of hydrogen-bond acceptors (Lipinski definition) is 2. The Labute approximate surface area is 117 Å². The first-order valence-electron chi connectivity index (χ1n) is 6.38. The van der Waals surface area contributed by atoms with Crippen molar-refractivity contribution in [3.63, 3.8) is 0 Å². The third-order valence-electron chi connectivity index (χ3n) is 3.39. The van der Waals surface area contributed by atoms with Crippen molar-refractivity contribution in [2.24, 2.45) is 5.73 Å². The lowest BCUT2D eigenvalue weighted by molar-refractivity contribution is 0.163. The van der Waals surface area contributed by atoms with E-state index in [-0.39, 0.29) is 23.4 Å². The zero-order valence-corrected chi connectivity index (χ0v) is 12.7. The highest BCUT2D eigenvalue weighted by Gasteiger charge is 2.32. The molecule has 102 valence electrons. The van der Waals surface area contributed by atoms with Crippen LogP contribution in [0.2, 0.25) is 0 Å². The summed E-state index contributed by atoms with van der Waals surface area (Å²) in [6.45, 7) is 11.9. The number of nitrogens with two attached hydrogens (primary N) is 1. The van der Waals surface area contributed by atoms with Gasteiger partial charge in [0.1, 0.15) is 0 Å². The Morgan fingerprint density at radius 1 is 1.28 bits per heavy atom. The minimum atomic E-state index is -0.123. The predicted octanol–water partition coefficient (Wildman–Crippen LogP) is 2.94. The Balaban J connectivity index is 0.00000162. The molecule has 1 aliphatic rings. The van der Waals surface area contributed by atoms with Gasteiger partial charge in [-0.15, -0.1) is 12.4 Å². The van der Waals surface area contributed by atoms with Crippen LogP contribution in [0.15, 0.2) is 24.3 Å². The maximum atomic E-state index is 6.13. The molecule has 18 heavy (non-hydrogen) atoms. The second-order valence-corrected chi connectivity index (χ2v) is 6.67. The maximum Gasteiger partial charge on any atom is 0.0237 e. The molecule has 0 aromatic heterocycles. The Kier molecular flexibility index (Phi) is 4.47. The summed E-state index contributed by atoms with van der Waals surface area (Å²) in [5, 5.41) is 0. The third-order valence-corrected chi connectivity index (χ3v) is 3.39. The average Bonchev–Trinajstić information content (AvgIpc) is 2.13. The molecule has 3 heteroatoms. The average molecular weight is 269 g/mol. The predicted molar refractivity (Wildman–Crippen MR) is 80.3 cm³/mol. The van der Waals surface area contributed by atoms with Gasteiger partial charge in [-0.05, 0) is 25.0 Å². The highest BCUT2D eigenvalue weighted by atomic mass is 35.5. The van der Waals surface area contributed by atoms with Crippen molar-refractivity contribution < 1.29 is 0 Å². The van der Waals surface area contributed by atoms with Gasteiger partial charge in [-0.25, -0.2) is 0 Å². The molecule has 0 saturated heterocycles. The van der Waals surface area contributed by atoms with Gasteiger partial charge in [-0.1, -0.05) is 38.1 Å². The van der Waals surface area contributed by atoms with Crippen molar-refractivity contribution in [1.29, 1.82) is 0 Å². The quantitative estimate of drug-likeness (QED) is 0.894. The van der Waals surface area contributed by atoms with Crippen LogP contribution < -0.4 is 5.73 Å². The van der Waals surface area contributed by atoms with E-state index in [0.717, 1.165) is 19.6 Å². The Morgan fingerprint density at radius 3 is 2.50 bits per heavy atom. The van der Waals surface area contributed by atoms with Crippen LogP contribution in [0.3, 0.4) is 0 Å². The van der Waals surface area contributed by atoms with Crippen LogP contribution in [-0.2, 0) is 12.0 Å². The molecule has 0 unspecified atom stereocenters. The van der Waals surface area contributed by atoms with Crippen LogP contribution in [0, 0.1) is 0 Å². The number of fused-ring (bicyclic) bond motifs is 1. The highest BCUT2D eigenvalue weighted by Crippen LogP contribution is 2.33. The molecule has 0 aliphatic carbocycles. The molecular weight excluding hydrogens is 244 g/mol. The van der Waals surface area contributed by atoms with E-state index < -0.39 is 0 Å². The smallest absolute Gasteiger partial charge is 0.0237 e. The summed E-state index contributed by atoms with van der Waals surface area (Å²) in [6.07, 6.45) is 0. The van der Waals surface area contributed by atoms with E-state index in [1.54, 1.807) is 0 Å². The van der Waals surface area contributed by atoms with Crippen molar-refractivity contribution in [2.45, 2.75) is 45.2 Å². The molecular formula is C15H25ClN2. The van der Waals surface area contributed by atoms with E-state index in [0.29, 0.717) is 0 Å².